The van der Waals surface area contributed by atoms with Crippen LogP contribution in [0.5, 0.6) is 5.75 Å². The Morgan fingerprint density at radius 2 is 1.67 bits per heavy atom. The molecule has 3 fully saturated rings. The zero-order valence-corrected chi connectivity index (χ0v) is 26.4. The van der Waals surface area contributed by atoms with Crippen molar-refractivity contribution in [2.24, 2.45) is 17.8 Å². The lowest BCUT2D eigenvalue weighted by atomic mass is 9.62. The van der Waals surface area contributed by atoms with Gasteiger partial charge in [-0.15, -0.1) is 0 Å². The Morgan fingerprint density at radius 3 is 2.29 bits per heavy atom. The quantitative estimate of drug-likeness (QED) is 0.313. The molecule has 0 radical (unpaired) electrons. The number of likely N-dealkylation sites (tertiary alicyclic amines) is 1. The molecule has 236 valence electrons. The Hall–Kier alpha value is -4.21. The van der Waals surface area contributed by atoms with Gasteiger partial charge in [-0.05, 0) is 81.0 Å². The smallest absolute Gasteiger partial charge is 0.250 e. The number of nitrogens with zero attached hydrogens (tertiary/aromatic N) is 1. The molecule has 3 heterocycles. The molecule has 3 aliphatic heterocycles. The monoisotopic (exact) mass is 611 g/mol. The standard InChI is InChI=1S/C36H41N3O6/c1-6-44-26-17-15-25(16-18-26)37-32(41)28-29-34(43)39(27(20-40)24-13-8-7-9-14-24)31(36(29)19-23(4)35(28,5)45-36)33(42)38-30-21(2)11-10-12-22(30)3/h7-18,23,27-29,31,40H,6,19-20H2,1-5H3,(H,37,41)(H,38,42)/t23?,27-,28+,29+,31?,35-,36?/m1/s1. The van der Waals surface area contributed by atoms with Crippen LogP contribution in [0.15, 0.2) is 72.8 Å². The summed E-state index contributed by atoms with van der Waals surface area (Å²) in [6.07, 6.45) is 0.418. The van der Waals surface area contributed by atoms with Crippen molar-refractivity contribution in [3.63, 3.8) is 0 Å². The minimum absolute atomic E-state index is 0.127. The van der Waals surface area contributed by atoms with Crippen LogP contribution in [0.4, 0.5) is 11.4 Å². The number of ether oxygens (including phenoxy) is 2. The molecular formula is C36H41N3O6. The molecule has 3 amide bonds. The molecule has 3 N–H and O–H groups in total. The second-order valence-corrected chi connectivity index (χ2v) is 12.8. The molecule has 7 atom stereocenters. The van der Waals surface area contributed by atoms with E-state index in [-0.39, 0.29) is 17.7 Å². The number of para-hydroxylation sites is 1. The van der Waals surface area contributed by atoms with Crippen molar-refractivity contribution < 1.29 is 29.0 Å². The fraction of sp³-hybridized carbons (Fsp3) is 0.417. The van der Waals surface area contributed by atoms with Gasteiger partial charge in [-0.3, -0.25) is 14.4 Å². The molecule has 9 heteroatoms. The van der Waals surface area contributed by atoms with Crippen LogP contribution in [0.1, 0.15) is 49.9 Å². The van der Waals surface area contributed by atoms with Crippen LogP contribution >= 0.6 is 0 Å². The van der Waals surface area contributed by atoms with E-state index in [0.29, 0.717) is 35.7 Å². The number of rotatable bonds is 9. The number of hydrogen-bond acceptors (Lipinski definition) is 6. The number of carbonyl (C=O) groups is 3. The Balaban J connectivity index is 1.43. The maximum atomic E-state index is 14.7. The number of nitrogens with one attached hydrogen (secondary N) is 2. The van der Waals surface area contributed by atoms with Gasteiger partial charge < -0.3 is 30.1 Å². The number of carbonyl (C=O) groups excluding carboxylic acids is 3. The predicted molar refractivity (Wildman–Crippen MR) is 171 cm³/mol. The summed E-state index contributed by atoms with van der Waals surface area (Å²) >= 11 is 0. The van der Waals surface area contributed by atoms with E-state index < -0.39 is 47.6 Å². The molecule has 3 aromatic carbocycles. The molecule has 0 aromatic heterocycles. The molecule has 3 aromatic rings. The molecule has 0 saturated carbocycles. The van der Waals surface area contributed by atoms with Gasteiger partial charge in [0.05, 0.1) is 36.7 Å². The number of benzene rings is 3. The largest absolute Gasteiger partial charge is 0.494 e. The number of aliphatic hydroxyl groups is 1. The highest BCUT2D eigenvalue weighted by Crippen LogP contribution is 2.66. The van der Waals surface area contributed by atoms with Crippen LogP contribution in [0.2, 0.25) is 0 Å². The van der Waals surface area contributed by atoms with Gasteiger partial charge in [0.25, 0.3) is 0 Å². The van der Waals surface area contributed by atoms with Gasteiger partial charge in [-0.1, -0.05) is 55.5 Å². The number of fused-ring (bicyclic) bond motifs is 1. The molecule has 9 nitrogen and oxygen atoms in total. The summed E-state index contributed by atoms with van der Waals surface area (Å²) in [5.41, 5.74) is 1.46. The summed E-state index contributed by atoms with van der Waals surface area (Å²) in [6, 6.07) is 20.2. The average Bonchev–Trinajstić information content (AvgIpc) is 3.54. The number of anilines is 2. The van der Waals surface area contributed by atoms with Crippen molar-refractivity contribution in [1.29, 1.82) is 0 Å². The molecule has 3 aliphatic rings. The first kappa shape index (κ1) is 30.8. The summed E-state index contributed by atoms with van der Waals surface area (Å²) in [6.45, 7) is 9.76. The highest BCUT2D eigenvalue weighted by molar-refractivity contribution is 6.06. The third-order valence-corrected chi connectivity index (χ3v) is 10.1. The highest BCUT2D eigenvalue weighted by Gasteiger charge is 2.80. The summed E-state index contributed by atoms with van der Waals surface area (Å²) in [5.74, 6) is -2.34. The zero-order valence-electron chi connectivity index (χ0n) is 26.4. The van der Waals surface area contributed by atoms with Gasteiger partial charge in [0, 0.05) is 11.4 Å². The molecule has 0 aliphatic carbocycles. The van der Waals surface area contributed by atoms with Crippen molar-refractivity contribution in [3.05, 3.63) is 89.5 Å². The normalized spacial score (nSPS) is 28.9. The minimum atomic E-state index is -1.27. The first-order valence-electron chi connectivity index (χ1n) is 15.6. The molecule has 1 spiro atoms. The van der Waals surface area contributed by atoms with Gasteiger partial charge >= 0.3 is 0 Å². The maximum Gasteiger partial charge on any atom is 0.250 e. The van der Waals surface area contributed by atoms with Crippen molar-refractivity contribution in [1.82, 2.24) is 4.90 Å². The Bertz CT molecular complexity index is 1590. The first-order valence-corrected chi connectivity index (χ1v) is 15.6. The van der Waals surface area contributed by atoms with E-state index in [4.69, 9.17) is 9.47 Å². The highest BCUT2D eigenvalue weighted by atomic mass is 16.5. The third kappa shape index (κ3) is 4.89. The Labute approximate surface area is 263 Å². The maximum absolute atomic E-state index is 14.7. The van der Waals surface area contributed by atoms with Gasteiger partial charge in [-0.25, -0.2) is 0 Å². The lowest BCUT2D eigenvalue weighted by Crippen LogP contribution is -2.54. The summed E-state index contributed by atoms with van der Waals surface area (Å²) in [7, 11) is 0. The number of amides is 3. The lowest BCUT2D eigenvalue weighted by Gasteiger charge is -2.37. The second kappa shape index (κ2) is 11.6. The van der Waals surface area contributed by atoms with Gasteiger partial charge in [0.1, 0.15) is 17.4 Å². The van der Waals surface area contributed by atoms with E-state index in [9.17, 15) is 19.5 Å². The van der Waals surface area contributed by atoms with Crippen LogP contribution < -0.4 is 15.4 Å². The van der Waals surface area contributed by atoms with Gasteiger partial charge in [-0.2, -0.15) is 0 Å². The SMILES string of the molecule is CCOc1ccc(NC(=O)[C@@H]2[C@H]3C(=O)N([C@H](CO)c4ccccc4)C(C(=O)Nc4c(C)cccc4C)C34CC(C)[C@@]2(C)O4)cc1. The van der Waals surface area contributed by atoms with E-state index in [1.807, 2.05) is 83.1 Å². The van der Waals surface area contributed by atoms with E-state index in [1.165, 1.54) is 4.90 Å². The minimum Gasteiger partial charge on any atom is -0.494 e. The fourth-order valence-corrected chi connectivity index (χ4v) is 7.97. The lowest BCUT2D eigenvalue weighted by molar-refractivity contribution is -0.148. The Kier molecular flexibility index (Phi) is 7.95. The second-order valence-electron chi connectivity index (χ2n) is 12.8. The fourth-order valence-electron chi connectivity index (χ4n) is 7.97. The number of aliphatic hydroxyl groups excluding tert-OH is 1. The predicted octanol–water partition coefficient (Wildman–Crippen LogP) is 5.02. The van der Waals surface area contributed by atoms with E-state index in [1.54, 1.807) is 24.3 Å². The van der Waals surface area contributed by atoms with Crippen LogP contribution in [-0.2, 0) is 19.1 Å². The number of aryl methyl sites for hydroxylation is 2. The van der Waals surface area contributed by atoms with Crippen molar-refractivity contribution in [2.45, 2.75) is 64.3 Å². The van der Waals surface area contributed by atoms with E-state index in [0.717, 1.165) is 11.1 Å². The van der Waals surface area contributed by atoms with Gasteiger partial charge in [0.2, 0.25) is 17.7 Å². The molecule has 6 rings (SSSR count). The van der Waals surface area contributed by atoms with Gasteiger partial charge in [0.15, 0.2) is 0 Å². The van der Waals surface area contributed by atoms with Crippen molar-refractivity contribution in [3.8, 4) is 5.75 Å². The van der Waals surface area contributed by atoms with Crippen molar-refractivity contribution in [2.75, 3.05) is 23.8 Å². The average molecular weight is 612 g/mol. The molecular weight excluding hydrogens is 570 g/mol. The van der Waals surface area contributed by atoms with Crippen LogP contribution in [-0.4, -0.2) is 58.2 Å². The summed E-state index contributed by atoms with van der Waals surface area (Å²) in [5, 5.41) is 16.9. The number of hydrogen-bond donors (Lipinski definition) is 3. The van der Waals surface area contributed by atoms with E-state index >= 15 is 0 Å². The first-order chi connectivity index (χ1) is 21.6. The van der Waals surface area contributed by atoms with Crippen molar-refractivity contribution >= 4 is 29.1 Å². The van der Waals surface area contributed by atoms with Crippen LogP contribution in [0.3, 0.4) is 0 Å². The topological polar surface area (TPSA) is 117 Å². The summed E-state index contributed by atoms with van der Waals surface area (Å²) < 4.78 is 12.4. The zero-order chi connectivity index (χ0) is 32.1. The Morgan fingerprint density at radius 1 is 1.00 bits per heavy atom. The van der Waals surface area contributed by atoms with Crippen LogP contribution in [0.25, 0.3) is 0 Å². The van der Waals surface area contributed by atoms with E-state index in [2.05, 4.69) is 10.6 Å². The molecule has 3 saturated heterocycles. The summed E-state index contributed by atoms with van der Waals surface area (Å²) in [4.78, 5) is 44.9. The molecule has 3 unspecified atom stereocenters. The molecule has 2 bridgehead atoms. The van der Waals surface area contributed by atoms with Crippen LogP contribution in [0, 0.1) is 31.6 Å². The molecule has 45 heavy (non-hydrogen) atoms. The third-order valence-electron chi connectivity index (χ3n) is 10.1.